The van der Waals surface area contributed by atoms with Crippen LogP contribution < -0.4 is 5.32 Å². The molecule has 2 aliphatic heterocycles. The fraction of sp³-hybridized carbons (Fsp3) is 0.385. The molecule has 0 radical (unpaired) electrons. The van der Waals surface area contributed by atoms with Crippen LogP contribution in [0.3, 0.4) is 0 Å². The van der Waals surface area contributed by atoms with Crippen LogP contribution in [0.15, 0.2) is 34.6 Å². The van der Waals surface area contributed by atoms with E-state index in [9.17, 15) is 31.9 Å². The van der Waals surface area contributed by atoms with Gasteiger partial charge >= 0.3 is 12.1 Å². The zero-order chi connectivity index (χ0) is 29.0. The number of hydrogen-bond donors (Lipinski definition) is 1. The van der Waals surface area contributed by atoms with Crippen LogP contribution in [0, 0.1) is 5.82 Å². The second-order valence-electron chi connectivity index (χ2n) is 9.28. The summed E-state index contributed by atoms with van der Waals surface area (Å²) < 4.78 is 58.5. The number of halogens is 4. The third-order valence-corrected chi connectivity index (χ3v) is 8.49. The van der Waals surface area contributed by atoms with Gasteiger partial charge in [-0.25, -0.2) is 4.39 Å². The smallest absolute Gasteiger partial charge is 0.419 e. The normalized spacial score (nSPS) is 19.1. The molecule has 14 heteroatoms. The summed E-state index contributed by atoms with van der Waals surface area (Å²) in [5, 5.41) is 4.26. The van der Waals surface area contributed by atoms with Crippen LogP contribution >= 0.6 is 35.3 Å². The molecule has 0 saturated carbocycles. The van der Waals surface area contributed by atoms with Gasteiger partial charge in [-0.2, -0.15) is 13.2 Å². The topological polar surface area (TPSA) is 79.0 Å². The molecule has 0 spiro atoms. The Balaban J connectivity index is 1.28. The molecule has 2 saturated heterocycles. The molecule has 40 heavy (non-hydrogen) atoms. The summed E-state index contributed by atoms with van der Waals surface area (Å²) in [7, 11) is 1.95. The van der Waals surface area contributed by atoms with Crippen molar-refractivity contribution in [1.82, 2.24) is 15.1 Å². The lowest BCUT2D eigenvalue weighted by atomic mass is 10.0. The van der Waals surface area contributed by atoms with Crippen molar-refractivity contribution in [1.29, 1.82) is 0 Å². The van der Waals surface area contributed by atoms with E-state index in [0.29, 0.717) is 21.9 Å². The molecule has 1 atom stereocenters. The third kappa shape index (κ3) is 7.68. The molecular formula is C26H25F4N3O4S3. The van der Waals surface area contributed by atoms with E-state index in [1.165, 1.54) is 22.3 Å². The first kappa shape index (κ1) is 30.2. The Kier molecular flexibility index (Phi) is 9.64. The molecule has 4 rings (SSSR count). The Morgan fingerprint density at radius 1 is 1.23 bits per heavy atom. The van der Waals surface area contributed by atoms with Crippen LogP contribution in [0.4, 0.5) is 17.6 Å². The van der Waals surface area contributed by atoms with Gasteiger partial charge in [0.25, 0.3) is 5.91 Å². The number of benzene rings is 1. The Labute approximate surface area is 241 Å². The van der Waals surface area contributed by atoms with Gasteiger partial charge in [0.1, 0.15) is 16.2 Å². The number of amides is 2. The average Bonchev–Trinajstić information content (AvgIpc) is 3.57. The number of likely N-dealkylation sites (N-methyl/N-ethyl adjacent to an activating group) is 1. The number of thiophene rings is 1. The quantitative estimate of drug-likeness (QED) is 0.186. The van der Waals surface area contributed by atoms with Gasteiger partial charge < -0.3 is 15.0 Å². The Morgan fingerprint density at radius 2 is 2.00 bits per heavy atom. The summed E-state index contributed by atoms with van der Waals surface area (Å²) in [5.74, 6) is -2.45. The Bertz CT molecular complexity index is 1340. The van der Waals surface area contributed by atoms with Gasteiger partial charge in [-0.3, -0.25) is 19.3 Å². The number of hydrogen-bond acceptors (Lipinski definition) is 8. The number of esters is 1. The summed E-state index contributed by atoms with van der Waals surface area (Å²) in [6.45, 7) is 1.74. The minimum atomic E-state index is -4.82. The highest BCUT2D eigenvalue weighted by Gasteiger charge is 2.35. The maximum Gasteiger partial charge on any atom is 0.419 e. The first-order chi connectivity index (χ1) is 18.9. The fourth-order valence-corrected chi connectivity index (χ4v) is 6.39. The van der Waals surface area contributed by atoms with Crippen molar-refractivity contribution in [3.63, 3.8) is 0 Å². The van der Waals surface area contributed by atoms with E-state index < -0.39 is 17.6 Å². The number of alkyl halides is 3. The van der Waals surface area contributed by atoms with Gasteiger partial charge in [0, 0.05) is 37.5 Å². The summed E-state index contributed by atoms with van der Waals surface area (Å²) in [6, 6.07) is 4.40. The summed E-state index contributed by atoms with van der Waals surface area (Å²) in [6.07, 6.45) is -2.54. The molecule has 1 aromatic heterocycles. The highest BCUT2D eigenvalue weighted by Crippen LogP contribution is 2.37. The number of carbonyl (C=O) groups is 3. The summed E-state index contributed by atoms with van der Waals surface area (Å²) >= 11 is 7.56. The second-order valence-corrected chi connectivity index (χ2v) is 11.9. The molecule has 2 amide bonds. The van der Waals surface area contributed by atoms with E-state index in [-0.39, 0.29) is 59.7 Å². The Morgan fingerprint density at radius 3 is 2.70 bits per heavy atom. The van der Waals surface area contributed by atoms with E-state index in [4.69, 9.17) is 17.0 Å². The molecule has 7 nitrogen and oxygen atoms in total. The van der Waals surface area contributed by atoms with Crippen LogP contribution in [0.25, 0.3) is 17.2 Å². The van der Waals surface area contributed by atoms with Crippen LogP contribution in [-0.4, -0.2) is 71.2 Å². The number of ether oxygens (including phenoxy) is 1. The van der Waals surface area contributed by atoms with Gasteiger partial charge in [0.2, 0.25) is 5.91 Å². The molecule has 2 aromatic rings. The molecule has 1 unspecified atom stereocenters. The minimum Gasteiger partial charge on any atom is -0.461 e. The lowest BCUT2D eigenvalue weighted by molar-refractivity contribution is -0.148. The van der Waals surface area contributed by atoms with E-state index in [1.807, 2.05) is 7.05 Å². The molecule has 0 aliphatic carbocycles. The molecule has 214 valence electrons. The maximum absolute atomic E-state index is 13.6. The lowest BCUT2D eigenvalue weighted by Gasteiger charge is -2.14. The van der Waals surface area contributed by atoms with Crippen molar-refractivity contribution in [2.24, 2.45) is 0 Å². The molecular weight excluding hydrogens is 590 g/mol. The van der Waals surface area contributed by atoms with Crippen molar-refractivity contribution in [3.05, 3.63) is 50.8 Å². The van der Waals surface area contributed by atoms with Crippen molar-refractivity contribution in [3.8, 4) is 11.1 Å². The molecule has 1 aromatic carbocycles. The first-order valence-corrected chi connectivity index (χ1v) is 14.4. The van der Waals surface area contributed by atoms with Crippen LogP contribution in [0.2, 0.25) is 0 Å². The van der Waals surface area contributed by atoms with Crippen molar-refractivity contribution < 1.29 is 36.7 Å². The standard InChI is InChI=1S/C26H25F4N3O4S3/c1-32-8-5-17(13-32)37-23(35)4-7-31-22(34)6-9-33-24(36)21(40-25(33)38)12-18-10-16(14-39-18)15-2-3-20(27)19(11-15)26(28,29)30/h2-3,10-12,14,17H,4-9,13H2,1H3,(H,31,34). The summed E-state index contributed by atoms with van der Waals surface area (Å²) in [5.41, 5.74) is -0.698. The van der Waals surface area contributed by atoms with Gasteiger partial charge in [-0.1, -0.05) is 30.0 Å². The molecule has 3 heterocycles. The monoisotopic (exact) mass is 615 g/mol. The van der Waals surface area contributed by atoms with Crippen LogP contribution in [0.1, 0.15) is 29.7 Å². The maximum atomic E-state index is 13.6. The number of thioether (sulfide) groups is 1. The van der Waals surface area contributed by atoms with E-state index in [1.54, 1.807) is 17.5 Å². The highest BCUT2D eigenvalue weighted by atomic mass is 32.2. The highest BCUT2D eigenvalue weighted by molar-refractivity contribution is 8.26. The SMILES string of the molecule is CN1CCC(OC(=O)CCNC(=O)CCN2C(=O)C(=Cc3cc(-c4ccc(F)c(C(F)(F)F)c4)cs3)SC2=S)C1. The zero-order valence-electron chi connectivity index (χ0n) is 21.3. The number of nitrogens with one attached hydrogen (secondary N) is 1. The van der Waals surface area contributed by atoms with Crippen LogP contribution in [-0.2, 0) is 25.3 Å². The number of carbonyl (C=O) groups excluding carboxylic acids is 3. The largest absolute Gasteiger partial charge is 0.461 e. The van der Waals surface area contributed by atoms with E-state index in [2.05, 4.69) is 10.2 Å². The fourth-order valence-electron chi connectivity index (χ4n) is 4.17. The van der Waals surface area contributed by atoms with Gasteiger partial charge in [0.15, 0.2) is 0 Å². The number of nitrogens with zero attached hydrogens (tertiary/aromatic N) is 2. The van der Waals surface area contributed by atoms with Crippen molar-refractivity contribution in [2.45, 2.75) is 31.5 Å². The Hall–Kier alpha value is -2.81. The molecule has 2 fully saturated rings. The van der Waals surface area contributed by atoms with Gasteiger partial charge in [0.05, 0.1) is 16.9 Å². The van der Waals surface area contributed by atoms with Crippen LogP contribution in [0.5, 0.6) is 0 Å². The minimum absolute atomic E-state index is 0.0164. The lowest BCUT2D eigenvalue weighted by Crippen LogP contribution is -2.34. The van der Waals surface area contributed by atoms with E-state index in [0.717, 1.165) is 36.9 Å². The van der Waals surface area contributed by atoms with Gasteiger partial charge in [-0.05, 0) is 54.3 Å². The number of rotatable bonds is 9. The summed E-state index contributed by atoms with van der Waals surface area (Å²) in [4.78, 5) is 41.4. The van der Waals surface area contributed by atoms with Crippen molar-refractivity contribution >= 4 is 63.5 Å². The van der Waals surface area contributed by atoms with Gasteiger partial charge in [-0.15, -0.1) is 11.3 Å². The second kappa shape index (κ2) is 12.8. The number of likely N-dealkylation sites (tertiary alicyclic amines) is 1. The zero-order valence-corrected chi connectivity index (χ0v) is 23.7. The predicted octanol–water partition coefficient (Wildman–Crippen LogP) is 4.92. The molecule has 2 aliphatic rings. The first-order valence-electron chi connectivity index (χ1n) is 12.3. The number of thiocarbonyl (C=S) groups is 1. The van der Waals surface area contributed by atoms with E-state index >= 15 is 0 Å². The average molecular weight is 616 g/mol. The third-order valence-electron chi connectivity index (χ3n) is 6.23. The molecule has 0 bridgehead atoms. The molecule has 1 N–H and O–H groups in total. The van der Waals surface area contributed by atoms with Crippen molar-refractivity contribution in [2.75, 3.05) is 33.2 Å². The predicted molar refractivity (Wildman–Crippen MR) is 149 cm³/mol.